The minimum absolute atomic E-state index is 0.0771. The topological polar surface area (TPSA) is 56.3 Å². The molecule has 1 atom stereocenters. The van der Waals surface area contributed by atoms with Crippen molar-refractivity contribution in [1.82, 2.24) is 9.88 Å². The van der Waals surface area contributed by atoms with Crippen molar-refractivity contribution >= 4 is 28.6 Å². The molecular weight excluding hydrogens is 339 g/mol. The molecule has 6 heteroatoms. The van der Waals surface area contributed by atoms with Gasteiger partial charge in [-0.25, -0.2) is 4.39 Å². The van der Waals surface area contributed by atoms with E-state index in [1.165, 1.54) is 12.1 Å². The van der Waals surface area contributed by atoms with Crippen LogP contribution in [0.4, 0.5) is 4.39 Å². The Balaban J connectivity index is 1.54. The number of aromatic hydroxyl groups is 1. The molecule has 4 nitrogen and oxygen atoms in total. The fourth-order valence-corrected chi connectivity index (χ4v) is 4.43. The molecule has 1 fully saturated rings. The van der Waals surface area contributed by atoms with Crippen molar-refractivity contribution < 1.29 is 14.3 Å². The van der Waals surface area contributed by atoms with Gasteiger partial charge in [-0.05, 0) is 47.9 Å². The Morgan fingerprint density at radius 1 is 1.24 bits per heavy atom. The number of rotatable bonds is 4. The Morgan fingerprint density at radius 3 is 2.84 bits per heavy atom. The molecule has 0 bridgehead atoms. The average molecular weight is 356 g/mol. The molecule has 2 aromatic carbocycles. The largest absolute Gasteiger partial charge is 0.508 e. The third-order valence-corrected chi connectivity index (χ3v) is 5.75. The van der Waals surface area contributed by atoms with Crippen LogP contribution >= 0.6 is 11.8 Å². The van der Waals surface area contributed by atoms with Crippen molar-refractivity contribution in [3.05, 3.63) is 65.6 Å². The number of thioether (sulfide) groups is 1. The zero-order valence-electron chi connectivity index (χ0n) is 13.4. The summed E-state index contributed by atoms with van der Waals surface area (Å²) in [5, 5.41) is 10.6. The van der Waals surface area contributed by atoms with Crippen LogP contribution in [-0.2, 0) is 11.2 Å². The molecule has 2 heterocycles. The first-order valence-electron chi connectivity index (χ1n) is 8.07. The lowest BCUT2D eigenvalue weighted by molar-refractivity contribution is -0.128. The van der Waals surface area contributed by atoms with Crippen LogP contribution in [0.2, 0.25) is 0 Å². The third kappa shape index (κ3) is 3.09. The second kappa shape index (κ2) is 6.44. The van der Waals surface area contributed by atoms with E-state index in [0.29, 0.717) is 18.7 Å². The second-order valence-electron chi connectivity index (χ2n) is 6.10. The van der Waals surface area contributed by atoms with Crippen molar-refractivity contribution in [1.29, 1.82) is 0 Å². The quantitative estimate of drug-likeness (QED) is 0.747. The summed E-state index contributed by atoms with van der Waals surface area (Å²) in [6.45, 7) is 0.580. The number of phenolic OH excluding ortho intramolecular Hbond substituents is 1. The first kappa shape index (κ1) is 16.0. The molecule has 2 N–H and O–H groups in total. The van der Waals surface area contributed by atoms with E-state index in [-0.39, 0.29) is 22.8 Å². The molecule has 1 aliphatic rings. The standard InChI is InChI=1S/C19H17FN2O2S/c20-14-3-1-12(2-4-14)19-22(18(24)11-25-19)8-7-13-10-21-17-6-5-15(23)9-16(13)17/h1-6,9-10,19,21,23H,7-8,11H2. The minimum atomic E-state index is -0.275. The van der Waals surface area contributed by atoms with Crippen molar-refractivity contribution in [3.63, 3.8) is 0 Å². The summed E-state index contributed by atoms with van der Waals surface area (Å²) in [6.07, 6.45) is 2.61. The number of amides is 1. The van der Waals surface area contributed by atoms with Gasteiger partial charge in [-0.15, -0.1) is 11.8 Å². The van der Waals surface area contributed by atoms with Gasteiger partial charge in [-0.3, -0.25) is 4.79 Å². The number of halogens is 1. The number of hydrogen-bond donors (Lipinski definition) is 2. The van der Waals surface area contributed by atoms with Gasteiger partial charge in [0.05, 0.1) is 5.75 Å². The van der Waals surface area contributed by atoms with E-state index >= 15 is 0 Å². The first-order chi connectivity index (χ1) is 12.1. The average Bonchev–Trinajstić information content (AvgIpc) is 3.17. The number of aromatic nitrogens is 1. The monoisotopic (exact) mass is 356 g/mol. The number of hydrogen-bond acceptors (Lipinski definition) is 3. The molecule has 1 aromatic heterocycles. The normalized spacial score (nSPS) is 17.6. The first-order valence-corrected chi connectivity index (χ1v) is 9.12. The van der Waals surface area contributed by atoms with Crippen LogP contribution in [0.5, 0.6) is 5.75 Å². The van der Waals surface area contributed by atoms with Gasteiger partial charge < -0.3 is 15.0 Å². The van der Waals surface area contributed by atoms with Gasteiger partial charge in [0.25, 0.3) is 0 Å². The molecule has 0 radical (unpaired) electrons. The molecule has 0 aliphatic carbocycles. The van der Waals surface area contributed by atoms with Gasteiger partial charge in [0.1, 0.15) is 16.9 Å². The van der Waals surface area contributed by atoms with Crippen molar-refractivity contribution in [2.75, 3.05) is 12.3 Å². The Bertz CT molecular complexity index is 923. The zero-order chi connectivity index (χ0) is 17.4. The van der Waals surface area contributed by atoms with E-state index in [1.807, 2.05) is 17.2 Å². The van der Waals surface area contributed by atoms with E-state index in [9.17, 15) is 14.3 Å². The summed E-state index contributed by atoms with van der Waals surface area (Å²) in [5.41, 5.74) is 2.97. The van der Waals surface area contributed by atoms with Gasteiger partial charge >= 0.3 is 0 Å². The summed E-state index contributed by atoms with van der Waals surface area (Å²) in [4.78, 5) is 17.3. The Hall–Kier alpha value is -2.47. The van der Waals surface area contributed by atoms with Crippen molar-refractivity contribution in [2.45, 2.75) is 11.8 Å². The SMILES string of the molecule is O=C1CSC(c2ccc(F)cc2)N1CCc1c[nH]c2ccc(O)cc12. The molecule has 1 unspecified atom stereocenters. The Kier molecular flexibility index (Phi) is 4.13. The van der Waals surface area contributed by atoms with Crippen LogP contribution in [-0.4, -0.2) is 33.2 Å². The van der Waals surface area contributed by atoms with Gasteiger partial charge in [0.15, 0.2) is 0 Å². The lowest BCUT2D eigenvalue weighted by Crippen LogP contribution is -2.30. The summed E-state index contributed by atoms with van der Waals surface area (Å²) < 4.78 is 13.2. The molecular formula is C19H17FN2O2S. The van der Waals surface area contributed by atoms with E-state index in [4.69, 9.17) is 0 Å². The predicted octanol–water partition coefficient (Wildman–Crippen LogP) is 3.83. The molecule has 0 spiro atoms. The number of nitrogens with zero attached hydrogens (tertiary/aromatic N) is 1. The fourth-order valence-electron chi connectivity index (χ4n) is 3.21. The second-order valence-corrected chi connectivity index (χ2v) is 7.16. The summed E-state index contributed by atoms with van der Waals surface area (Å²) in [6, 6.07) is 11.6. The van der Waals surface area contributed by atoms with Crippen LogP contribution in [0.3, 0.4) is 0 Å². The van der Waals surface area contributed by atoms with Gasteiger partial charge in [-0.2, -0.15) is 0 Å². The number of phenols is 1. The number of carbonyl (C=O) groups excluding carboxylic acids is 1. The Morgan fingerprint density at radius 2 is 2.04 bits per heavy atom. The molecule has 1 saturated heterocycles. The molecule has 0 saturated carbocycles. The highest BCUT2D eigenvalue weighted by Crippen LogP contribution is 2.38. The fraction of sp³-hybridized carbons (Fsp3) is 0.211. The van der Waals surface area contributed by atoms with E-state index in [2.05, 4.69) is 4.98 Å². The highest BCUT2D eigenvalue weighted by Gasteiger charge is 2.32. The maximum absolute atomic E-state index is 13.2. The highest BCUT2D eigenvalue weighted by atomic mass is 32.2. The number of aromatic amines is 1. The van der Waals surface area contributed by atoms with Crippen LogP contribution in [0.25, 0.3) is 10.9 Å². The number of H-pyrrole nitrogens is 1. The molecule has 1 amide bonds. The van der Waals surface area contributed by atoms with Gasteiger partial charge in [0, 0.05) is 23.6 Å². The predicted molar refractivity (Wildman–Crippen MR) is 97.0 cm³/mol. The van der Waals surface area contributed by atoms with E-state index in [0.717, 1.165) is 22.0 Å². The molecule has 25 heavy (non-hydrogen) atoms. The van der Waals surface area contributed by atoms with Gasteiger partial charge in [0.2, 0.25) is 5.91 Å². The summed E-state index contributed by atoms with van der Waals surface area (Å²) >= 11 is 1.57. The van der Waals surface area contributed by atoms with Crippen molar-refractivity contribution in [2.24, 2.45) is 0 Å². The maximum Gasteiger partial charge on any atom is 0.233 e. The molecule has 1 aliphatic heterocycles. The smallest absolute Gasteiger partial charge is 0.233 e. The maximum atomic E-state index is 13.2. The van der Waals surface area contributed by atoms with Crippen LogP contribution in [0, 0.1) is 5.82 Å². The summed E-state index contributed by atoms with van der Waals surface area (Å²) in [5.74, 6) is 0.493. The van der Waals surface area contributed by atoms with Crippen molar-refractivity contribution in [3.8, 4) is 5.75 Å². The van der Waals surface area contributed by atoms with Gasteiger partial charge in [-0.1, -0.05) is 12.1 Å². The number of benzene rings is 2. The van der Waals surface area contributed by atoms with Crippen LogP contribution in [0.1, 0.15) is 16.5 Å². The number of carbonyl (C=O) groups is 1. The van der Waals surface area contributed by atoms with Crippen LogP contribution in [0.15, 0.2) is 48.7 Å². The van der Waals surface area contributed by atoms with E-state index < -0.39 is 0 Å². The lowest BCUT2D eigenvalue weighted by Gasteiger charge is -2.24. The molecule has 3 aromatic rings. The number of fused-ring (bicyclic) bond motifs is 1. The van der Waals surface area contributed by atoms with Crippen LogP contribution < -0.4 is 0 Å². The Labute approximate surface area is 148 Å². The molecule has 128 valence electrons. The number of nitrogens with one attached hydrogen (secondary N) is 1. The lowest BCUT2D eigenvalue weighted by atomic mass is 10.1. The highest BCUT2D eigenvalue weighted by molar-refractivity contribution is 8.00. The third-order valence-electron chi connectivity index (χ3n) is 4.50. The van der Waals surface area contributed by atoms with E-state index in [1.54, 1.807) is 36.0 Å². The summed E-state index contributed by atoms with van der Waals surface area (Å²) in [7, 11) is 0. The molecule has 4 rings (SSSR count). The zero-order valence-corrected chi connectivity index (χ0v) is 14.2. The minimum Gasteiger partial charge on any atom is -0.508 e.